The Morgan fingerprint density at radius 3 is 2.58 bits per heavy atom. The standard InChI is InChI=1S/C23H30N2O/c1-18(2)26-14-8-13-24-15-21-17-25(23-12-7-6-11-22(21)23)16-20-10-5-4-9-19(20)3/h4-7,9-12,17-18,24H,8,13-16H2,1-3H3. The van der Waals surface area contributed by atoms with Crippen molar-refractivity contribution in [2.24, 2.45) is 0 Å². The molecule has 0 aliphatic carbocycles. The fourth-order valence-corrected chi connectivity index (χ4v) is 3.30. The number of nitrogens with one attached hydrogen (secondary N) is 1. The molecule has 0 saturated heterocycles. The number of aromatic nitrogens is 1. The largest absolute Gasteiger partial charge is 0.379 e. The Kier molecular flexibility index (Phi) is 6.48. The number of nitrogens with zero attached hydrogens (tertiary/aromatic N) is 1. The van der Waals surface area contributed by atoms with Gasteiger partial charge in [0.1, 0.15) is 0 Å². The molecule has 0 atom stereocenters. The summed E-state index contributed by atoms with van der Waals surface area (Å²) in [5.41, 5.74) is 5.38. The van der Waals surface area contributed by atoms with Crippen molar-refractivity contribution in [2.45, 2.75) is 46.4 Å². The molecule has 1 N–H and O–H groups in total. The predicted molar refractivity (Wildman–Crippen MR) is 110 cm³/mol. The molecule has 3 heteroatoms. The van der Waals surface area contributed by atoms with Gasteiger partial charge in [-0.1, -0.05) is 42.5 Å². The number of ether oxygens (including phenoxy) is 1. The number of fused-ring (bicyclic) bond motifs is 1. The third-order valence-corrected chi connectivity index (χ3v) is 4.74. The molecule has 0 unspecified atom stereocenters. The lowest BCUT2D eigenvalue weighted by Gasteiger charge is -2.08. The average Bonchev–Trinajstić information content (AvgIpc) is 2.98. The van der Waals surface area contributed by atoms with Crippen LogP contribution in [0.1, 0.15) is 37.0 Å². The lowest BCUT2D eigenvalue weighted by atomic mass is 10.1. The minimum Gasteiger partial charge on any atom is -0.379 e. The highest BCUT2D eigenvalue weighted by molar-refractivity contribution is 5.84. The summed E-state index contributed by atoms with van der Waals surface area (Å²) in [6.07, 6.45) is 3.66. The van der Waals surface area contributed by atoms with Gasteiger partial charge >= 0.3 is 0 Å². The number of benzene rings is 2. The van der Waals surface area contributed by atoms with Gasteiger partial charge in [-0.25, -0.2) is 0 Å². The minimum atomic E-state index is 0.314. The van der Waals surface area contributed by atoms with Gasteiger partial charge in [-0.2, -0.15) is 0 Å². The number of aryl methyl sites for hydroxylation is 1. The molecule has 0 bridgehead atoms. The van der Waals surface area contributed by atoms with E-state index in [-0.39, 0.29) is 0 Å². The number of hydrogen-bond acceptors (Lipinski definition) is 2. The predicted octanol–water partition coefficient (Wildman–Crippen LogP) is 4.90. The van der Waals surface area contributed by atoms with Gasteiger partial charge in [-0.05, 0) is 56.5 Å². The van der Waals surface area contributed by atoms with Gasteiger partial charge in [0.25, 0.3) is 0 Å². The topological polar surface area (TPSA) is 26.2 Å². The van der Waals surface area contributed by atoms with Crippen molar-refractivity contribution >= 4 is 10.9 Å². The zero-order valence-electron chi connectivity index (χ0n) is 16.2. The van der Waals surface area contributed by atoms with E-state index in [2.05, 4.69) is 85.4 Å². The molecule has 0 radical (unpaired) electrons. The molecule has 0 spiro atoms. The van der Waals surface area contributed by atoms with Crippen LogP contribution in [0.5, 0.6) is 0 Å². The Hall–Kier alpha value is -2.10. The molecule has 0 amide bonds. The molecule has 3 nitrogen and oxygen atoms in total. The summed E-state index contributed by atoms with van der Waals surface area (Å²) in [4.78, 5) is 0. The Balaban J connectivity index is 1.68. The van der Waals surface area contributed by atoms with E-state index in [9.17, 15) is 0 Å². The first kappa shape index (κ1) is 18.7. The van der Waals surface area contributed by atoms with E-state index < -0.39 is 0 Å². The fourth-order valence-electron chi connectivity index (χ4n) is 3.30. The zero-order valence-corrected chi connectivity index (χ0v) is 16.2. The zero-order chi connectivity index (χ0) is 18.4. The Morgan fingerprint density at radius 2 is 1.77 bits per heavy atom. The van der Waals surface area contributed by atoms with Crippen molar-refractivity contribution in [3.8, 4) is 0 Å². The molecule has 3 rings (SSSR count). The van der Waals surface area contributed by atoms with Crippen molar-refractivity contribution in [3.05, 3.63) is 71.4 Å². The van der Waals surface area contributed by atoms with Gasteiger partial charge in [-0.15, -0.1) is 0 Å². The molecule has 26 heavy (non-hydrogen) atoms. The second-order valence-corrected chi connectivity index (χ2v) is 7.18. The fraction of sp³-hybridized carbons (Fsp3) is 0.391. The van der Waals surface area contributed by atoms with Crippen molar-refractivity contribution in [1.82, 2.24) is 9.88 Å². The molecule has 0 aliphatic heterocycles. The van der Waals surface area contributed by atoms with Crippen LogP contribution in [0.15, 0.2) is 54.7 Å². The number of hydrogen-bond donors (Lipinski definition) is 1. The van der Waals surface area contributed by atoms with Crippen LogP contribution >= 0.6 is 0 Å². The maximum atomic E-state index is 5.60. The van der Waals surface area contributed by atoms with Crippen LogP contribution in [0, 0.1) is 6.92 Å². The van der Waals surface area contributed by atoms with Crippen molar-refractivity contribution < 1.29 is 4.74 Å². The Bertz CT molecular complexity index is 835. The highest BCUT2D eigenvalue weighted by Crippen LogP contribution is 2.23. The normalized spacial score (nSPS) is 11.5. The Morgan fingerprint density at radius 1 is 1.00 bits per heavy atom. The highest BCUT2D eigenvalue weighted by atomic mass is 16.5. The number of rotatable bonds is 9. The molecule has 0 fully saturated rings. The molecular formula is C23H30N2O. The summed E-state index contributed by atoms with van der Waals surface area (Å²) in [5.74, 6) is 0. The lowest BCUT2D eigenvalue weighted by molar-refractivity contribution is 0.0770. The van der Waals surface area contributed by atoms with Crippen LogP contribution in [0.25, 0.3) is 10.9 Å². The molecular weight excluding hydrogens is 320 g/mol. The maximum Gasteiger partial charge on any atom is 0.0518 e. The third kappa shape index (κ3) is 4.75. The molecule has 138 valence electrons. The summed E-state index contributed by atoms with van der Waals surface area (Å²) in [5, 5.41) is 4.90. The van der Waals surface area contributed by atoms with Crippen LogP contribution < -0.4 is 5.32 Å². The van der Waals surface area contributed by atoms with Crippen LogP contribution in [0.4, 0.5) is 0 Å². The Labute approximate surface area is 157 Å². The summed E-state index contributed by atoms with van der Waals surface area (Å²) in [6.45, 7) is 9.94. The van der Waals surface area contributed by atoms with Gasteiger partial charge in [0.05, 0.1) is 6.10 Å². The van der Waals surface area contributed by atoms with E-state index >= 15 is 0 Å². The molecule has 3 aromatic rings. The quantitative estimate of drug-likeness (QED) is 0.555. The summed E-state index contributed by atoms with van der Waals surface area (Å²) in [7, 11) is 0. The average molecular weight is 351 g/mol. The van der Waals surface area contributed by atoms with E-state index in [1.54, 1.807) is 0 Å². The van der Waals surface area contributed by atoms with Crippen LogP contribution in [-0.2, 0) is 17.8 Å². The van der Waals surface area contributed by atoms with Gasteiger partial charge in [0.2, 0.25) is 0 Å². The van der Waals surface area contributed by atoms with Gasteiger partial charge in [0, 0.05) is 36.8 Å². The summed E-state index contributed by atoms with van der Waals surface area (Å²) >= 11 is 0. The minimum absolute atomic E-state index is 0.314. The first-order valence-electron chi connectivity index (χ1n) is 9.58. The first-order valence-corrected chi connectivity index (χ1v) is 9.58. The van der Waals surface area contributed by atoms with E-state index in [0.29, 0.717) is 6.10 Å². The maximum absolute atomic E-state index is 5.60. The second kappa shape index (κ2) is 9.02. The lowest BCUT2D eigenvalue weighted by Crippen LogP contribution is -2.17. The molecule has 1 heterocycles. The second-order valence-electron chi connectivity index (χ2n) is 7.18. The monoisotopic (exact) mass is 350 g/mol. The first-order chi connectivity index (χ1) is 12.6. The van der Waals surface area contributed by atoms with Crippen molar-refractivity contribution in [2.75, 3.05) is 13.2 Å². The molecule has 2 aromatic carbocycles. The number of para-hydroxylation sites is 1. The van der Waals surface area contributed by atoms with Crippen LogP contribution in [0.2, 0.25) is 0 Å². The SMILES string of the molecule is Cc1ccccc1Cn1cc(CNCCCOC(C)C)c2ccccc21. The van der Waals surface area contributed by atoms with E-state index in [1.807, 2.05) is 0 Å². The van der Waals surface area contributed by atoms with E-state index in [0.717, 1.165) is 32.7 Å². The molecule has 1 aromatic heterocycles. The molecule has 0 aliphatic rings. The van der Waals surface area contributed by atoms with E-state index in [4.69, 9.17) is 4.74 Å². The summed E-state index contributed by atoms with van der Waals surface area (Å²) < 4.78 is 7.97. The van der Waals surface area contributed by atoms with Gasteiger partial charge < -0.3 is 14.6 Å². The highest BCUT2D eigenvalue weighted by Gasteiger charge is 2.09. The van der Waals surface area contributed by atoms with Crippen molar-refractivity contribution in [1.29, 1.82) is 0 Å². The third-order valence-electron chi connectivity index (χ3n) is 4.74. The van der Waals surface area contributed by atoms with Gasteiger partial charge in [-0.3, -0.25) is 0 Å². The van der Waals surface area contributed by atoms with E-state index in [1.165, 1.54) is 27.6 Å². The van der Waals surface area contributed by atoms with Crippen LogP contribution in [0.3, 0.4) is 0 Å². The van der Waals surface area contributed by atoms with Crippen molar-refractivity contribution in [3.63, 3.8) is 0 Å². The smallest absolute Gasteiger partial charge is 0.0518 e. The van der Waals surface area contributed by atoms with Crippen LogP contribution in [-0.4, -0.2) is 23.8 Å². The summed E-state index contributed by atoms with van der Waals surface area (Å²) in [6, 6.07) is 17.3. The molecule has 0 saturated carbocycles. The van der Waals surface area contributed by atoms with Gasteiger partial charge in [0.15, 0.2) is 0 Å².